The Balaban J connectivity index is 1.98. The number of nitrogens with one attached hydrogen (secondary N) is 1. The third kappa shape index (κ3) is 2.49. The maximum absolute atomic E-state index is 11.1. The van der Waals surface area contributed by atoms with Crippen LogP contribution in [-0.2, 0) is 0 Å². The molecule has 3 rings (SSSR count). The van der Waals surface area contributed by atoms with Gasteiger partial charge in [0.15, 0.2) is 0 Å². The summed E-state index contributed by atoms with van der Waals surface area (Å²) in [5, 5.41) is 13.2. The Labute approximate surface area is 121 Å². The van der Waals surface area contributed by atoms with E-state index in [-0.39, 0.29) is 11.3 Å². The van der Waals surface area contributed by atoms with Gasteiger partial charge in [0.1, 0.15) is 0 Å². The first-order chi connectivity index (χ1) is 10.1. The number of carboxylic acids is 1. The molecule has 5 nitrogen and oxygen atoms in total. The second kappa shape index (κ2) is 5.13. The van der Waals surface area contributed by atoms with Gasteiger partial charge < -0.3 is 16.2 Å². The molecule has 0 fully saturated rings. The molecule has 3 aromatic rings. The van der Waals surface area contributed by atoms with Crippen LogP contribution in [0.25, 0.3) is 10.9 Å². The van der Waals surface area contributed by atoms with Gasteiger partial charge in [-0.05, 0) is 24.3 Å². The standard InChI is InChI=1S/C16H13N3O2/c17-15-12(16(20)21)5-3-7-14(15)19-11-8-10-4-1-2-6-13(10)18-9-11/h1-9,19H,17H2,(H,20,21). The fraction of sp³-hybridized carbons (Fsp3) is 0. The number of anilines is 3. The zero-order valence-electron chi connectivity index (χ0n) is 11.1. The maximum Gasteiger partial charge on any atom is 0.337 e. The van der Waals surface area contributed by atoms with Crippen molar-refractivity contribution in [1.29, 1.82) is 0 Å². The number of pyridine rings is 1. The summed E-state index contributed by atoms with van der Waals surface area (Å²) < 4.78 is 0. The summed E-state index contributed by atoms with van der Waals surface area (Å²) in [6, 6.07) is 14.6. The van der Waals surface area contributed by atoms with Crippen LogP contribution >= 0.6 is 0 Å². The van der Waals surface area contributed by atoms with Gasteiger partial charge in [0.25, 0.3) is 0 Å². The fourth-order valence-electron chi connectivity index (χ4n) is 2.16. The highest BCUT2D eigenvalue weighted by molar-refractivity contribution is 5.97. The third-order valence-electron chi connectivity index (χ3n) is 3.21. The van der Waals surface area contributed by atoms with Crippen molar-refractivity contribution >= 4 is 33.9 Å². The van der Waals surface area contributed by atoms with Crippen LogP contribution < -0.4 is 11.1 Å². The molecule has 104 valence electrons. The Morgan fingerprint density at radius 3 is 2.76 bits per heavy atom. The quantitative estimate of drug-likeness (QED) is 0.640. The van der Waals surface area contributed by atoms with Crippen molar-refractivity contribution in [2.45, 2.75) is 0 Å². The number of para-hydroxylation sites is 2. The van der Waals surface area contributed by atoms with Crippen LogP contribution in [0.5, 0.6) is 0 Å². The van der Waals surface area contributed by atoms with E-state index in [1.165, 1.54) is 6.07 Å². The van der Waals surface area contributed by atoms with E-state index in [1.807, 2.05) is 30.3 Å². The maximum atomic E-state index is 11.1. The Morgan fingerprint density at radius 1 is 1.14 bits per heavy atom. The molecule has 5 heteroatoms. The number of nitrogens with zero attached hydrogens (tertiary/aromatic N) is 1. The molecular weight excluding hydrogens is 266 g/mol. The Hall–Kier alpha value is -3.08. The third-order valence-corrected chi connectivity index (χ3v) is 3.21. The number of aromatic carboxylic acids is 1. The van der Waals surface area contributed by atoms with Crippen LogP contribution in [0.3, 0.4) is 0 Å². The minimum atomic E-state index is -1.05. The number of rotatable bonds is 3. The van der Waals surface area contributed by atoms with Crippen LogP contribution in [0.1, 0.15) is 10.4 Å². The van der Waals surface area contributed by atoms with Gasteiger partial charge in [-0.2, -0.15) is 0 Å². The first-order valence-electron chi connectivity index (χ1n) is 6.39. The molecule has 0 saturated heterocycles. The van der Waals surface area contributed by atoms with E-state index in [9.17, 15) is 4.79 Å². The van der Waals surface area contributed by atoms with Crippen LogP contribution in [0.2, 0.25) is 0 Å². The SMILES string of the molecule is Nc1c(Nc2cnc3ccccc3c2)cccc1C(=O)O. The second-order valence-electron chi connectivity index (χ2n) is 4.61. The first kappa shape index (κ1) is 12.9. The number of hydrogen-bond acceptors (Lipinski definition) is 4. The van der Waals surface area contributed by atoms with Crippen molar-refractivity contribution in [2.75, 3.05) is 11.1 Å². The smallest absolute Gasteiger partial charge is 0.337 e. The van der Waals surface area contributed by atoms with Crippen LogP contribution in [0, 0.1) is 0 Å². The zero-order chi connectivity index (χ0) is 14.8. The lowest BCUT2D eigenvalue weighted by Crippen LogP contribution is -2.05. The molecule has 0 saturated carbocycles. The molecule has 0 aliphatic rings. The van der Waals surface area contributed by atoms with Gasteiger partial charge in [0, 0.05) is 5.39 Å². The Bertz CT molecular complexity index is 831. The van der Waals surface area contributed by atoms with Crippen molar-refractivity contribution in [2.24, 2.45) is 0 Å². The van der Waals surface area contributed by atoms with Crippen LogP contribution in [0.15, 0.2) is 54.7 Å². The molecule has 0 spiro atoms. The molecule has 0 bridgehead atoms. The van der Waals surface area contributed by atoms with Gasteiger partial charge in [-0.15, -0.1) is 0 Å². The summed E-state index contributed by atoms with van der Waals surface area (Å²) >= 11 is 0. The lowest BCUT2D eigenvalue weighted by Gasteiger charge is -2.11. The lowest BCUT2D eigenvalue weighted by molar-refractivity contribution is 0.0698. The van der Waals surface area contributed by atoms with Crippen molar-refractivity contribution in [1.82, 2.24) is 4.98 Å². The largest absolute Gasteiger partial charge is 0.478 e. The summed E-state index contributed by atoms with van der Waals surface area (Å²) in [7, 11) is 0. The Kier molecular flexibility index (Phi) is 3.16. The molecule has 21 heavy (non-hydrogen) atoms. The number of nitrogen functional groups attached to an aromatic ring is 1. The van der Waals surface area contributed by atoms with E-state index in [0.29, 0.717) is 5.69 Å². The van der Waals surface area contributed by atoms with Gasteiger partial charge in [-0.1, -0.05) is 24.3 Å². The van der Waals surface area contributed by atoms with Crippen LogP contribution in [-0.4, -0.2) is 16.1 Å². The van der Waals surface area contributed by atoms with Gasteiger partial charge in [0.2, 0.25) is 0 Å². The average molecular weight is 279 g/mol. The molecule has 0 radical (unpaired) electrons. The number of benzene rings is 2. The van der Waals surface area contributed by atoms with Gasteiger partial charge in [-0.3, -0.25) is 4.98 Å². The number of aromatic nitrogens is 1. The number of carbonyl (C=O) groups is 1. The fourth-order valence-corrected chi connectivity index (χ4v) is 2.16. The van der Waals surface area contributed by atoms with Crippen molar-refractivity contribution in [3.63, 3.8) is 0 Å². The summed E-state index contributed by atoms with van der Waals surface area (Å²) in [5.41, 5.74) is 8.36. The lowest BCUT2D eigenvalue weighted by atomic mass is 10.1. The number of hydrogen-bond donors (Lipinski definition) is 3. The number of nitrogens with two attached hydrogens (primary N) is 1. The minimum absolute atomic E-state index is 0.0775. The number of carboxylic acid groups (broad SMARTS) is 1. The van der Waals surface area contributed by atoms with E-state index in [0.717, 1.165) is 16.6 Å². The predicted molar refractivity (Wildman–Crippen MR) is 82.8 cm³/mol. The molecule has 1 aromatic heterocycles. The Morgan fingerprint density at radius 2 is 1.95 bits per heavy atom. The molecule has 0 aliphatic heterocycles. The first-order valence-corrected chi connectivity index (χ1v) is 6.39. The van der Waals surface area contributed by atoms with Gasteiger partial charge in [0.05, 0.1) is 34.3 Å². The molecule has 1 heterocycles. The summed E-state index contributed by atoms with van der Waals surface area (Å²) in [6.45, 7) is 0. The van der Waals surface area contributed by atoms with Crippen molar-refractivity contribution in [3.05, 3.63) is 60.3 Å². The normalized spacial score (nSPS) is 10.5. The molecule has 0 unspecified atom stereocenters. The zero-order valence-corrected chi connectivity index (χ0v) is 11.1. The van der Waals surface area contributed by atoms with Gasteiger partial charge >= 0.3 is 5.97 Å². The highest BCUT2D eigenvalue weighted by Crippen LogP contribution is 2.27. The molecule has 0 amide bonds. The molecule has 4 N–H and O–H groups in total. The van der Waals surface area contributed by atoms with Crippen molar-refractivity contribution < 1.29 is 9.90 Å². The predicted octanol–water partition coefficient (Wildman–Crippen LogP) is 3.26. The van der Waals surface area contributed by atoms with E-state index in [2.05, 4.69) is 10.3 Å². The van der Waals surface area contributed by atoms with E-state index in [4.69, 9.17) is 10.8 Å². The molecule has 0 aliphatic carbocycles. The highest BCUT2D eigenvalue weighted by Gasteiger charge is 2.11. The molecular formula is C16H13N3O2. The average Bonchev–Trinajstić information content (AvgIpc) is 2.49. The summed E-state index contributed by atoms with van der Waals surface area (Å²) in [6.07, 6.45) is 1.69. The van der Waals surface area contributed by atoms with E-state index < -0.39 is 5.97 Å². The van der Waals surface area contributed by atoms with E-state index >= 15 is 0 Å². The minimum Gasteiger partial charge on any atom is -0.478 e. The number of fused-ring (bicyclic) bond motifs is 1. The monoisotopic (exact) mass is 279 g/mol. The van der Waals surface area contributed by atoms with E-state index in [1.54, 1.807) is 18.3 Å². The highest BCUT2D eigenvalue weighted by atomic mass is 16.4. The second-order valence-corrected chi connectivity index (χ2v) is 4.61. The van der Waals surface area contributed by atoms with Gasteiger partial charge in [-0.25, -0.2) is 4.79 Å². The summed E-state index contributed by atoms with van der Waals surface area (Å²) in [5.74, 6) is -1.05. The topological polar surface area (TPSA) is 88.2 Å². The molecule has 2 aromatic carbocycles. The van der Waals surface area contributed by atoms with Crippen molar-refractivity contribution in [3.8, 4) is 0 Å². The summed E-state index contributed by atoms with van der Waals surface area (Å²) in [4.78, 5) is 15.4. The molecule has 0 atom stereocenters. The van der Waals surface area contributed by atoms with Crippen LogP contribution in [0.4, 0.5) is 17.1 Å².